The van der Waals surface area contributed by atoms with Gasteiger partial charge in [0.05, 0.1) is 5.69 Å². The number of nitrogen functional groups attached to an aromatic ring is 1. The largest absolute Gasteiger partial charge is 0.444 e. The number of nitrogens with two attached hydrogens (primary N) is 1. The van der Waals surface area contributed by atoms with E-state index in [0.29, 0.717) is 18.9 Å². The Balaban J connectivity index is 1.90. The highest BCUT2D eigenvalue weighted by atomic mass is 16.6. The van der Waals surface area contributed by atoms with Gasteiger partial charge in [-0.3, -0.25) is 0 Å². The number of anilines is 2. The number of pyridine rings is 1. The van der Waals surface area contributed by atoms with Crippen LogP contribution in [0, 0.1) is 0 Å². The molecule has 3 N–H and O–H groups in total. The number of nitrogens with zero attached hydrogens (tertiary/aromatic N) is 2. The number of likely N-dealkylation sites (tertiary alicyclic amines) is 1. The monoisotopic (exact) mass is 278 g/mol. The quantitative estimate of drug-likeness (QED) is 0.865. The first-order valence-electron chi connectivity index (χ1n) is 6.80. The molecule has 1 aliphatic rings. The van der Waals surface area contributed by atoms with Crippen LogP contribution in [-0.2, 0) is 4.74 Å². The number of aromatic nitrogens is 1. The third-order valence-electron chi connectivity index (χ3n) is 3.04. The molecule has 6 heteroatoms. The fraction of sp³-hybridized carbons (Fsp3) is 0.571. The van der Waals surface area contributed by atoms with Crippen molar-refractivity contribution in [3.05, 3.63) is 18.3 Å². The first-order chi connectivity index (χ1) is 9.35. The SMILES string of the molecule is CC(C)(C)OC(=O)N1CCC(Nc2cccnc2N)C1. The Labute approximate surface area is 119 Å². The smallest absolute Gasteiger partial charge is 0.410 e. The Hall–Kier alpha value is -1.98. The average molecular weight is 278 g/mol. The first kappa shape index (κ1) is 14.4. The van der Waals surface area contributed by atoms with Gasteiger partial charge in [-0.05, 0) is 39.3 Å². The summed E-state index contributed by atoms with van der Waals surface area (Å²) in [7, 11) is 0. The molecule has 0 aliphatic carbocycles. The van der Waals surface area contributed by atoms with Gasteiger partial charge in [0, 0.05) is 25.3 Å². The van der Waals surface area contributed by atoms with Crippen molar-refractivity contribution in [3.8, 4) is 0 Å². The number of nitrogens with one attached hydrogen (secondary N) is 1. The van der Waals surface area contributed by atoms with Crippen molar-refractivity contribution in [3.63, 3.8) is 0 Å². The molecule has 1 aliphatic heterocycles. The van der Waals surface area contributed by atoms with E-state index in [4.69, 9.17) is 10.5 Å². The van der Waals surface area contributed by atoms with Gasteiger partial charge >= 0.3 is 6.09 Å². The molecule has 20 heavy (non-hydrogen) atoms. The molecule has 0 spiro atoms. The van der Waals surface area contributed by atoms with E-state index in [1.54, 1.807) is 11.1 Å². The van der Waals surface area contributed by atoms with Crippen LogP contribution in [0.1, 0.15) is 27.2 Å². The summed E-state index contributed by atoms with van der Waals surface area (Å²) in [6.07, 6.45) is 2.26. The fourth-order valence-electron chi connectivity index (χ4n) is 2.13. The highest BCUT2D eigenvalue weighted by Crippen LogP contribution is 2.21. The summed E-state index contributed by atoms with van der Waals surface area (Å²) in [4.78, 5) is 17.7. The van der Waals surface area contributed by atoms with Crippen molar-refractivity contribution in [2.45, 2.75) is 38.8 Å². The van der Waals surface area contributed by atoms with Gasteiger partial charge in [-0.1, -0.05) is 0 Å². The molecule has 0 bridgehead atoms. The number of hydrogen-bond donors (Lipinski definition) is 2. The summed E-state index contributed by atoms with van der Waals surface area (Å²) in [6, 6.07) is 3.90. The van der Waals surface area contributed by atoms with E-state index in [9.17, 15) is 4.79 Å². The maximum Gasteiger partial charge on any atom is 0.410 e. The summed E-state index contributed by atoms with van der Waals surface area (Å²) >= 11 is 0. The third-order valence-corrected chi connectivity index (χ3v) is 3.04. The minimum Gasteiger partial charge on any atom is -0.444 e. The van der Waals surface area contributed by atoms with E-state index >= 15 is 0 Å². The number of rotatable bonds is 2. The van der Waals surface area contributed by atoms with Crippen molar-refractivity contribution in [1.82, 2.24) is 9.88 Å². The molecule has 0 saturated carbocycles. The summed E-state index contributed by atoms with van der Waals surface area (Å²) in [5.74, 6) is 0.475. The number of hydrogen-bond acceptors (Lipinski definition) is 5. The van der Waals surface area contributed by atoms with Gasteiger partial charge in [0.2, 0.25) is 0 Å². The van der Waals surface area contributed by atoms with Crippen molar-refractivity contribution in [2.75, 3.05) is 24.1 Å². The van der Waals surface area contributed by atoms with Crippen molar-refractivity contribution in [2.24, 2.45) is 0 Å². The van der Waals surface area contributed by atoms with Crippen LogP contribution in [0.25, 0.3) is 0 Å². The average Bonchev–Trinajstić information content (AvgIpc) is 2.79. The molecule has 1 saturated heterocycles. The molecular formula is C14H22N4O2. The van der Waals surface area contributed by atoms with Gasteiger partial charge in [-0.2, -0.15) is 0 Å². The van der Waals surface area contributed by atoms with Crippen LogP contribution in [0.2, 0.25) is 0 Å². The molecule has 1 unspecified atom stereocenters. The first-order valence-corrected chi connectivity index (χ1v) is 6.80. The van der Waals surface area contributed by atoms with Gasteiger partial charge < -0.3 is 20.7 Å². The van der Waals surface area contributed by atoms with Crippen LogP contribution in [0.3, 0.4) is 0 Å². The van der Waals surface area contributed by atoms with E-state index in [1.807, 2.05) is 32.9 Å². The van der Waals surface area contributed by atoms with Gasteiger partial charge in [-0.15, -0.1) is 0 Å². The Morgan fingerprint density at radius 1 is 1.55 bits per heavy atom. The van der Waals surface area contributed by atoms with Crippen LogP contribution in [0.15, 0.2) is 18.3 Å². The molecule has 1 atom stereocenters. The molecule has 0 aromatic carbocycles. The molecule has 2 rings (SSSR count). The Morgan fingerprint density at radius 2 is 2.30 bits per heavy atom. The second kappa shape index (κ2) is 5.56. The van der Waals surface area contributed by atoms with E-state index in [2.05, 4.69) is 10.3 Å². The maximum absolute atomic E-state index is 12.0. The summed E-state index contributed by atoms with van der Waals surface area (Å²) in [6.45, 7) is 6.91. The molecule has 2 heterocycles. The minimum absolute atomic E-state index is 0.175. The second-order valence-electron chi connectivity index (χ2n) is 5.99. The van der Waals surface area contributed by atoms with E-state index in [-0.39, 0.29) is 12.1 Å². The van der Waals surface area contributed by atoms with Gasteiger partial charge in [0.1, 0.15) is 11.4 Å². The molecule has 6 nitrogen and oxygen atoms in total. The van der Waals surface area contributed by atoms with Crippen LogP contribution >= 0.6 is 0 Å². The molecule has 0 radical (unpaired) electrons. The molecule has 1 aromatic rings. The van der Waals surface area contributed by atoms with Crippen LogP contribution in [0.5, 0.6) is 0 Å². The van der Waals surface area contributed by atoms with Crippen molar-refractivity contribution in [1.29, 1.82) is 0 Å². The molecule has 1 aromatic heterocycles. The fourth-order valence-corrected chi connectivity index (χ4v) is 2.13. The van der Waals surface area contributed by atoms with Crippen LogP contribution in [-0.4, -0.2) is 40.7 Å². The normalized spacial score (nSPS) is 18.9. The molecule has 1 fully saturated rings. The van der Waals surface area contributed by atoms with Gasteiger partial charge in [-0.25, -0.2) is 9.78 Å². The van der Waals surface area contributed by atoms with Gasteiger partial charge in [0.25, 0.3) is 0 Å². The zero-order chi connectivity index (χ0) is 14.8. The summed E-state index contributed by atoms with van der Waals surface area (Å²) in [5.41, 5.74) is 6.14. The lowest BCUT2D eigenvalue weighted by Crippen LogP contribution is -2.36. The summed E-state index contributed by atoms with van der Waals surface area (Å²) < 4.78 is 5.37. The predicted octanol–water partition coefficient (Wildman–Crippen LogP) is 2.09. The number of amides is 1. The standard InChI is InChI=1S/C14H22N4O2/c1-14(2,3)20-13(19)18-8-6-10(9-18)17-11-5-4-7-16-12(11)15/h4-5,7,10,17H,6,8-9H2,1-3H3,(H2,15,16). The predicted molar refractivity (Wildman–Crippen MR) is 78.5 cm³/mol. The second-order valence-corrected chi connectivity index (χ2v) is 5.99. The Bertz CT molecular complexity index is 484. The highest BCUT2D eigenvalue weighted by Gasteiger charge is 2.29. The van der Waals surface area contributed by atoms with E-state index < -0.39 is 5.60 Å². The minimum atomic E-state index is -0.462. The van der Waals surface area contributed by atoms with Crippen LogP contribution in [0.4, 0.5) is 16.3 Å². The maximum atomic E-state index is 12.0. The Kier molecular flexibility index (Phi) is 4.01. The topological polar surface area (TPSA) is 80.5 Å². The van der Waals surface area contributed by atoms with Crippen molar-refractivity contribution < 1.29 is 9.53 Å². The van der Waals surface area contributed by atoms with Crippen molar-refractivity contribution >= 4 is 17.6 Å². The summed E-state index contributed by atoms with van der Waals surface area (Å²) in [5, 5.41) is 3.32. The Morgan fingerprint density at radius 3 is 2.95 bits per heavy atom. The molecule has 110 valence electrons. The lowest BCUT2D eigenvalue weighted by Gasteiger charge is -2.24. The van der Waals surface area contributed by atoms with E-state index in [1.165, 1.54) is 0 Å². The molecular weight excluding hydrogens is 256 g/mol. The van der Waals surface area contributed by atoms with E-state index in [0.717, 1.165) is 12.1 Å². The number of ether oxygens (including phenoxy) is 1. The lowest BCUT2D eigenvalue weighted by molar-refractivity contribution is 0.0293. The lowest BCUT2D eigenvalue weighted by atomic mass is 10.2. The third kappa shape index (κ3) is 3.76. The van der Waals surface area contributed by atoms with Gasteiger partial charge in [0.15, 0.2) is 0 Å². The zero-order valence-electron chi connectivity index (χ0n) is 12.2. The highest BCUT2D eigenvalue weighted by molar-refractivity contribution is 5.69. The number of carbonyl (C=O) groups is 1. The number of carbonyl (C=O) groups excluding carboxylic acids is 1. The van der Waals surface area contributed by atoms with Crippen LogP contribution < -0.4 is 11.1 Å². The molecule has 1 amide bonds. The zero-order valence-corrected chi connectivity index (χ0v) is 12.2.